The van der Waals surface area contributed by atoms with Gasteiger partial charge in [-0.3, -0.25) is 0 Å². The summed E-state index contributed by atoms with van der Waals surface area (Å²) >= 11 is 1.69. The highest BCUT2D eigenvalue weighted by Gasteiger charge is 2.24. The third-order valence-corrected chi connectivity index (χ3v) is 4.03. The van der Waals surface area contributed by atoms with E-state index in [-0.39, 0.29) is 6.61 Å². The molecule has 1 heterocycles. The SMILES string of the molecule is CCNC(CSCC(O)CO)C1CCOC1. The third-order valence-electron chi connectivity index (χ3n) is 2.82. The molecule has 96 valence electrons. The molecule has 3 atom stereocenters. The van der Waals surface area contributed by atoms with E-state index in [4.69, 9.17) is 9.84 Å². The fourth-order valence-corrected chi connectivity index (χ4v) is 3.04. The van der Waals surface area contributed by atoms with Crippen LogP contribution in [0.5, 0.6) is 0 Å². The second-order valence-electron chi connectivity index (χ2n) is 4.16. The summed E-state index contributed by atoms with van der Waals surface area (Å²) in [5.41, 5.74) is 0. The van der Waals surface area contributed by atoms with Crippen LogP contribution in [0.15, 0.2) is 0 Å². The van der Waals surface area contributed by atoms with Gasteiger partial charge in [0.05, 0.1) is 19.3 Å². The summed E-state index contributed by atoms with van der Waals surface area (Å²) in [7, 11) is 0. The summed E-state index contributed by atoms with van der Waals surface area (Å²) in [4.78, 5) is 0. The molecule has 3 N–H and O–H groups in total. The van der Waals surface area contributed by atoms with Crippen molar-refractivity contribution in [2.75, 3.05) is 37.9 Å². The Labute approximate surface area is 102 Å². The molecule has 0 aromatic rings. The molecule has 1 rings (SSSR count). The van der Waals surface area contributed by atoms with Gasteiger partial charge in [0.25, 0.3) is 0 Å². The van der Waals surface area contributed by atoms with Crippen LogP contribution in [0.2, 0.25) is 0 Å². The zero-order valence-corrected chi connectivity index (χ0v) is 10.7. The summed E-state index contributed by atoms with van der Waals surface area (Å²) in [6.07, 6.45) is 0.535. The molecule has 5 heteroatoms. The number of rotatable bonds is 8. The predicted molar refractivity (Wildman–Crippen MR) is 66.8 cm³/mol. The number of thioether (sulfide) groups is 1. The molecule has 1 fully saturated rings. The summed E-state index contributed by atoms with van der Waals surface area (Å²) in [5.74, 6) is 2.17. The van der Waals surface area contributed by atoms with Crippen LogP contribution >= 0.6 is 11.8 Å². The molecule has 1 saturated heterocycles. The highest BCUT2D eigenvalue weighted by molar-refractivity contribution is 7.99. The number of hydrogen-bond acceptors (Lipinski definition) is 5. The topological polar surface area (TPSA) is 61.7 Å². The molecule has 0 amide bonds. The molecule has 0 aliphatic carbocycles. The van der Waals surface area contributed by atoms with Gasteiger partial charge >= 0.3 is 0 Å². The van der Waals surface area contributed by atoms with Crippen molar-refractivity contribution in [3.05, 3.63) is 0 Å². The molecule has 0 aromatic heterocycles. The van der Waals surface area contributed by atoms with Crippen molar-refractivity contribution >= 4 is 11.8 Å². The van der Waals surface area contributed by atoms with Gasteiger partial charge in [-0.25, -0.2) is 0 Å². The molecule has 1 aliphatic heterocycles. The summed E-state index contributed by atoms with van der Waals surface area (Å²) in [6, 6.07) is 0.461. The average molecular weight is 249 g/mol. The fourth-order valence-electron chi connectivity index (χ4n) is 1.88. The van der Waals surface area contributed by atoms with E-state index in [1.54, 1.807) is 11.8 Å². The van der Waals surface area contributed by atoms with Crippen LogP contribution in [0.25, 0.3) is 0 Å². The lowest BCUT2D eigenvalue weighted by atomic mass is 10.0. The van der Waals surface area contributed by atoms with E-state index in [0.717, 1.165) is 31.9 Å². The highest BCUT2D eigenvalue weighted by atomic mass is 32.2. The maximum Gasteiger partial charge on any atom is 0.0861 e. The molecule has 0 saturated carbocycles. The van der Waals surface area contributed by atoms with Crippen molar-refractivity contribution in [2.45, 2.75) is 25.5 Å². The van der Waals surface area contributed by atoms with E-state index in [1.807, 2.05) is 0 Å². The minimum Gasteiger partial charge on any atom is -0.394 e. The van der Waals surface area contributed by atoms with E-state index >= 15 is 0 Å². The van der Waals surface area contributed by atoms with E-state index in [0.29, 0.717) is 17.7 Å². The number of ether oxygens (including phenoxy) is 1. The van der Waals surface area contributed by atoms with Crippen LogP contribution < -0.4 is 5.32 Å². The molecule has 0 bridgehead atoms. The number of aliphatic hydroxyl groups is 2. The maximum absolute atomic E-state index is 9.25. The Kier molecular flexibility index (Phi) is 7.40. The van der Waals surface area contributed by atoms with Crippen LogP contribution in [0.4, 0.5) is 0 Å². The highest BCUT2D eigenvalue weighted by Crippen LogP contribution is 2.20. The Balaban J connectivity index is 2.21. The van der Waals surface area contributed by atoms with E-state index in [1.165, 1.54) is 0 Å². The molecular formula is C11H23NO3S. The number of nitrogens with one attached hydrogen (secondary N) is 1. The second kappa shape index (κ2) is 8.31. The van der Waals surface area contributed by atoms with E-state index < -0.39 is 6.10 Å². The Bertz CT molecular complexity index is 177. The number of aliphatic hydroxyl groups excluding tert-OH is 2. The van der Waals surface area contributed by atoms with Crippen molar-refractivity contribution in [1.29, 1.82) is 0 Å². The normalized spacial score (nSPS) is 24.6. The van der Waals surface area contributed by atoms with Gasteiger partial charge in [-0.1, -0.05) is 6.92 Å². The van der Waals surface area contributed by atoms with Gasteiger partial charge in [0.2, 0.25) is 0 Å². The van der Waals surface area contributed by atoms with Crippen molar-refractivity contribution < 1.29 is 14.9 Å². The second-order valence-corrected chi connectivity index (χ2v) is 5.24. The zero-order valence-electron chi connectivity index (χ0n) is 9.89. The zero-order chi connectivity index (χ0) is 11.8. The fraction of sp³-hybridized carbons (Fsp3) is 1.00. The molecule has 0 aromatic carbocycles. The monoisotopic (exact) mass is 249 g/mol. The lowest BCUT2D eigenvalue weighted by molar-refractivity contribution is 0.113. The van der Waals surface area contributed by atoms with Crippen molar-refractivity contribution in [2.24, 2.45) is 5.92 Å². The van der Waals surface area contributed by atoms with Crippen LogP contribution in [0, 0.1) is 5.92 Å². The maximum atomic E-state index is 9.25. The molecule has 1 aliphatic rings. The first-order valence-electron chi connectivity index (χ1n) is 5.95. The Morgan fingerprint density at radius 1 is 1.50 bits per heavy atom. The standard InChI is InChI=1S/C11H23NO3S/c1-2-12-11(9-3-4-15-6-9)8-16-7-10(14)5-13/h9-14H,2-8H2,1H3. The molecule has 4 nitrogen and oxygen atoms in total. The number of hydrogen-bond donors (Lipinski definition) is 3. The Morgan fingerprint density at radius 2 is 2.31 bits per heavy atom. The van der Waals surface area contributed by atoms with Crippen LogP contribution in [-0.4, -0.2) is 60.2 Å². The molecule has 0 spiro atoms. The molecular weight excluding hydrogens is 226 g/mol. The Morgan fingerprint density at radius 3 is 2.88 bits per heavy atom. The molecule has 3 unspecified atom stereocenters. The Hall–Kier alpha value is 0.190. The quantitative estimate of drug-likeness (QED) is 0.569. The van der Waals surface area contributed by atoms with Gasteiger partial charge in [-0.2, -0.15) is 11.8 Å². The predicted octanol–water partition coefficient (Wildman–Crippen LogP) is 0.0874. The van der Waals surface area contributed by atoms with Crippen LogP contribution in [-0.2, 0) is 4.74 Å². The summed E-state index contributed by atoms with van der Waals surface area (Å²) in [6.45, 7) is 4.64. The van der Waals surface area contributed by atoms with E-state index in [2.05, 4.69) is 12.2 Å². The smallest absolute Gasteiger partial charge is 0.0861 e. The van der Waals surface area contributed by atoms with Crippen molar-refractivity contribution in [1.82, 2.24) is 5.32 Å². The minimum atomic E-state index is -0.591. The lowest BCUT2D eigenvalue weighted by Crippen LogP contribution is -2.39. The summed E-state index contributed by atoms with van der Waals surface area (Å²) < 4.78 is 5.39. The minimum absolute atomic E-state index is 0.147. The van der Waals surface area contributed by atoms with E-state index in [9.17, 15) is 5.11 Å². The van der Waals surface area contributed by atoms with Crippen molar-refractivity contribution in [3.63, 3.8) is 0 Å². The van der Waals surface area contributed by atoms with Crippen LogP contribution in [0.3, 0.4) is 0 Å². The van der Waals surface area contributed by atoms with Gasteiger partial charge < -0.3 is 20.3 Å². The first-order valence-corrected chi connectivity index (χ1v) is 7.11. The third kappa shape index (κ3) is 5.01. The van der Waals surface area contributed by atoms with Crippen LogP contribution in [0.1, 0.15) is 13.3 Å². The van der Waals surface area contributed by atoms with Gasteiger partial charge in [0.1, 0.15) is 0 Å². The first kappa shape index (κ1) is 14.3. The van der Waals surface area contributed by atoms with Gasteiger partial charge in [0, 0.05) is 30.1 Å². The first-order chi connectivity index (χ1) is 7.77. The molecule has 0 radical (unpaired) electrons. The molecule has 16 heavy (non-hydrogen) atoms. The largest absolute Gasteiger partial charge is 0.394 e. The van der Waals surface area contributed by atoms with Gasteiger partial charge in [-0.05, 0) is 13.0 Å². The van der Waals surface area contributed by atoms with Crippen molar-refractivity contribution in [3.8, 4) is 0 Å². The van der Waals surface area contributed by atoms with Gasteiger partial charge in [-0.15, -0.1) is 0 Å². The average Bonchev–Trinajstić information content (AvgIpc) is 2.81. The van der Waals surface area contributed by atoms with Gasteiger partial charge in [0.15, 0.2) is 0 Å². The summed E-state index contributed by atoms with van der Waals surface area (Å²) in [5, 5.41) is 21.4. The lowest BCUT2D eigenvalue weighted by Gasteiger charge is -2.23.